The summed E-state index contributed by atoms with van der Waals surface area (Å²) in [5, 5.41) is 0.336. The van der Waals surface area contributed by atoms with Gasteiger partial charge in [-0.05, 0) is 23.8 Å². The Morgan fingerprint density at radius 1 is 1.08 bits per heavy atom. The fourth-order valence-electron chi connectivity index (χ4n) is 2.53. The number of halogens is 4. The van der Waals surface area contributed by atoms with Crippen LogP contribution in [0.3, 0.4) is 0 Å². The molecule has 0 N–H and O–H groups in total. The number of hydrogen-bond acceptors (Lipinski definition) is 2. The SMILES string of the molecule is O=C1C(=NCC(F)(F)F)c2cc(Cl)ccc2N1Cc1ccccc1. The fourth-order valence-corrected chi connectivity index (χ4v) is 2.70. The smallest absolute Gasteiger partial charge is 0.302 e. The molecule has 0 saturated carbocycles. The van der Waals surface area contributed by atoms with E-state index >= 15 is 0 Å². The molecule has 0 unspecified atom stereocenters. The molecule has 3 nitrogen and oxygen atoms in total. The van der Waals surface area contributed by atoms with Gasteiger partial charge < -0.3 is 4.90 Å². The number of rotatable bonds is 3. The first kappa shape index (κ1) is 16.5. The van der Waals surface area contributed by atoms with Crippen LogP contribution >= 0.6 is 11.6 Å². The normalized spacial score (nSPS) is 15.9. The average Bonchev–Trinajstić information content (AvgIpc) is 2.77. The second-order valence-electron chi connectivity index (χ2n) is 5.32. The maximum absolute atomic E-state index is 12.6. The van der Waals surface area contributed by atoms with Gasteiger partial charge in [0.25, 0.3) is 5.91 Å². The molecule has 1 heterocycles. The molecule has 1 aliphatic rings. The number of fused-ring (bicyclic) bond motifs is 1. The highest BCUT2D eigenvalue weighted by molar-refractivity contribution is 6.54. The Morgan fingerprint density at radius 2 is 1.79 bits per heavy atom. The molecule has 0 saturated heterocycles. The molecule has 0 aliphatic carbocycles. The number of carbonyl (C=O) groups is 1. The molecule has 1 amide bonds. The minimum atomic E-state index is -4.47. The van der Waals surface area contributed by atoms with E-state index in [-0.39, 0.29) is 12.3 Å². The maximum atomic E-state index is 12.6. The number of alkyl halides is 3. The summed E-state index contributed by atoms with van der Waals surface area (Å²) in [6.07, 6.45) is -4.47. The van der Waals surface area contributed by atoms with Gasteiger partial charge in [0.05, 0.1) is 12.2 Å². The Morgan fingerprint density at radius 3 is 2.46 bits per heavy atom. The third kappa shape index (κ3) is 3.43. The van der Waals surface area contributed by atoms with E-state index in [1.165, 1.54) is 11.0 Å². The van der Waals surface area contributed by atoms with Crippen LogP contribution in [0.4, 0.5) is 18.9 Å². The second-order valence-corrected chi connectivity index (χ2v) is 5.75. The van der Waals surface area contributed by atoms with E-state index in [9.17, 15) is 18.0 Å². The monoisotopic (exact) mass is 352 g/mol. The summed E-state index contributed by atoms with van der Waals surface area (Å²) < 4.78 is 37.4. The molecule has 0 bridgehead atoms. The predicted octanol–water partition coefficient (Wildman–Crippen LogP) is 4.24. The van der Waals surface area contributed by atoms with Gasteiger partial charge in [-0.1, -0.05) is 41.9 Å². The molecule has 0 spiro atoms. The van der Waals surface area contributed by atoms with Crippen molar-refractivity contribution in [1.29, 1.82) is 0 Å². The number of amides is 1. The van der Waals surface area contributed by atoms with E-state index in [4.69, 9.17) is 11.6 Å². The maximum Gasteiger partial charge on any atom is 0.407 e. The van der Waals surface area contributed by atoms with Crippen molar-refractivity contribution in [3.8, 4) is 0 Å². The van der Waals surface area contributed by atoms with Crippen molar-refractivity contribution in [2.45, 2.75) is 12.7 Å². The molecular weight excluding hydrogens is 341 g/mol. The van der Waals surface area contributed by atoms with Gasteiger partial charge in [0, 0.05) is 10.6 Å². The molecular formula is C17H12ClF3N2O. The number of hydrogen-bond donors (Lipinski definition) is 0. The fraction of sp³-hybridized carbons (Fsp3) is 0.176. The van der Waals surface area contributed by atoms with Crippen LogP contribution in [0.25, 0.3) is 0 Å². The van der Waals surface area contributed by atoms with Crippen LogP contribution < -0.4 is 4.90 Å². The molecule has 3 rings (SSSR count). The lowest BCUT2D eigenvalue weighted by atomic mass is 10.1. The second kappa shape index (κ2) is 6.28. The molecule has 24 heavy (non-hydrogen) atoms. The van der Waals surface area contributed by atoms with Crippen molar-refractivity contribution >= 4 is 28.9 Å². The third-order valence-corrected chi connectivity index (χ3v) is 3.79. The van der Waals surface area contributed by atoms with E-state index in [1.54, 1.807) is 12.1 Å². The van der Waals surface area contributed by atoms with Crippen LogP contribution in [0.15, 0.2) is 53.5 Å². The van der Waals surface area contributed by atoms with Gasteiger partial charge in [-0.3, -0.25) is 9.79 Å². The van der Waals surface area contributed by atoms with Crippen molar-refractivity contribution in [1.82, 2.24) is 0 Å². The molecule has 7 heteroatoms. The third-order valence-electron chi connectivity index (χ3n) is 3.55. The van der Waals surface area contributed by atoms with Crippen molar-refractivity contribution in [3.05, 3.63) is 64.7 Å². The molecule has 0 atom stereocenters. The van der Waals surface area contributed by atoms with Crippen molar-refractivity contribution < 1.29 is 18.0 Å². The van der Waals surface area contributed by atoms with Gasteiger partial charge in [-0.25, -0.2) is 0 Å². The van der Waals surface area contributed by atoms with Crippen LogP contribution in [-0.2, 0) is 11.3 Å². The summed E-state index contributed by atoms with van der Waals surface area (Å²) in [4.78, 5) is 17.5. The number of carbonyl (C=O) groups excluding carboxylic acids is 1. The van der Waals surface area contributed by atoms with Crippen LogP contribution in [-0.4, -0.2) is 24.3 Å². The molecule has 1 aliphatic heterocycles. The first-order valence-corrected chi connectivity index (χ1v) is 7.50. The van der Waals surface area contributed by atoms with Crippen LogP contribution in [0.2, 0.25) is 5.02 Å². The largest absolute Gasteiger partial charge is 0.407 e. The van der Waals surface area contributed by atoms with Crippen LogP contribution in [0.5, 0.6) is 0 Å². The van der Waals surface area contributed by atoms with Gasteiger partial charge in [0.1, 0.15) is 12.3 Å². The molecule has 124 valence electrons. The predicted molar refractivity (Wildman–Crippen MR) is 86.5 cm³/mol. The molecule has 2 aromatic rings. The lowest BCUT2D eigenvalue weighted by molar-refractivity contribution is -0.118. The summed E-state index contributed by atoms with van der Waals surface area (Å²) in [6, 6.07) is 13.9. The molecule has 0 fully saturated rings. The molecule has 0 aromatic heterocycles. The van der Waals surface area contributed by atoms with Gasteiger partial charge in [0.2, 0.25) is 0 Å². The lowest BCUT2D eigenvalue weighted by Crippen LogP contribution is -2.30. The number of benzene rings is 2. The number of nitrogens with zero attached hydrogens (tertiary/aromatic N) is 2. The number of anilines is 1. The van der Waals surface area contributed by atoms with E-state index in [0.29, 0.717) is 16.3 Å². The quantitative estimate of drug-likeness (QED) is 0.813. The first-order valence-electron chi connectivity index (χ1n) is 7.12. The summed E-state index contributed by atoms with van der Waals surface area (Å²) in [5.74, 6) is -0.555. The van der Waals surface area contributed by atoms with Gasteiger partial charge in [-0.15, -0.1) is 0 Å². The van der Waals surface area contributed by atoms with Crippen molar-refractivity contribution in [2.24, 2.45) is 4.99 Å². The summed E-state index contributed by atoms with van der Waals surface area (Å²) in [6.45, 7) is -1.15. The highest BCUT2D eigenvalue weighted by Gasteiger charge is 2.35. The summed E-state index contributed by atoms with van der Waals surface area (Å²) in [5.41, 5.74) is 1.49. The first-order chi connectivity index (χ1) is 11.3. The van der Waals surface area contributed by atoms with Gasteiger partial charge >= 0.3 is 6.18 Å². The summed E-state index contributed by atoms with van der Waals surface area (Å²) in [7, 11) is 0. The zero-order valence-electron chi connectivity index (χ0n) is 12.3. The highest BCUT2D eigenvalue weighted by Crippen LogP contribution is 2.33. The number of aliphatic imine (C=N–C) groups is 1. The van der Waals surface area contributed by atoms with Gasteiger partial charge in [-0.2, -0.15) is 13.2 Å². The Labute approximate surface area is 141 Å². The lowest BCUT2D eigenvalue weighted by Gasteiger charge is -2.17. The Balaban J connectivity index is 1.99. The van der Waals surface area contributed by atoms with Crippen molar-refractivity contribution in [2.75, 3.05) is 11.4 Å². The highest BCUT2D eigenvalue weighted by atomic mass is 35.5. The summed E-state index contributed by atoms with van der Waals surface area (Å²) >= 11 is 5.93. The standard InChI is InChI=1S/C17H12ClF3N2O/c18-12-6-7-14-13(8-12)15(22-10-17(19,20)21)16(24)23(14)9-11-4-2-1-3-5-11/h1-8H,9-10H2. The Kier molecular flexibility index (Phi) is 4.32. The van der Waals surface area contributed by atoms with Gasteiger partial charge in [0.15, 0.2) is 0 Å². The minimum Gasteiger partial charge on any atom is -0.302 e. The topological polar surface area (TPSA) is 32.7 Å². The Hall–Kier alpha value is -2.34. The average molecular weight is 353 g/mol. The Bertz CT molecular complexity index is 803. The van der Waals surface area contributed by atoms with Crippen LogP contribution in [0, 0.1) is 0 Å². The van der Waals surface area contributed by atoms with Crippen molar-refractivity contribution in [3.63, 3.8) is 0 Å². The zero-order valence-corrected chi connectivity index (χ0v) is 13.1. The van der Waals surface area contributed by atoms with E-state index in [0.717, 1.165) is 5.56 Å². The van der Waals surface area contributed by atoms with Crippen LogP contribution in [0.1, 0.15) is 11.1 Å². The molecule has 0 radical (unpaired) electrons. The van der Waals surface area contributed by atoms with E-state index < -0.39 is 18.6 Å². The minimum absolute atomic E-state index is 0.208. The van der Waals surface area contributed by atoms with E-state index in [2.05, 4.69) is 4.99 Å². The molecule has 2 aromatic carbocycles. The van der Waals surface area contributed by atoms with E-state index in [1.807, 2.05) is 30.3 Å². The zero-order chi connectivity index (χ0) is 17.3.